The number of rotatable bonds is 4. The van der Waals surface area contributed by atoms with Crippen LogP contribution in [0.4, 0.5) is 0 Å². The van der Waals surface area contributed by atoms with Crippen molar-refractivity contribution in [1.29, 1.82) is 0 Å². The second-order valence-electron chi connectivity index (χ2n) is 5.33. The number of carbonyl (C=O) groups excluding carboxylic acids is 1. The van der Waals surface area contributed by atoms with Crippen LogP contribution in [0.3, 0.4) is 0 Å². The Bertz CT molecular complexity index is 267. The highest BCUT2D eigenvalue weighted by Crippen LogP contribution is 2.21. The lowest BCUT2D eigenvalue weighted by Gasteiger charge is -2.29. The zero-order chi connectivity index (χ0) is 12.8. The molecule has 2 fully saturated rings. The summed E-state index contributed by atoms with van der Waals surface area (Å²) in [6, 6.07) is 0. The van der Waals surface area contributed by atoms with Gasteiger partial charge in [0.05, 0.1) is 0 Å². The van der Waals surface area contributed by atoms with E-state index in [0.29, 0.717) is 5.92 Å². The normalized spacial score (nSPS) is 30.1. The van der Waals surface area contributed by atoms with E-state index in [1.165, 1.54) is 0 Å². The van der Waals surface area contributed by atoms with Crippen molar-refractivity contribution in [2.24, 2.45) is 11.8 Å². The minimum absolute atomic E-state index is 0.141. The van der Waals surface area contributed by atoms with Crippen molar-refractivity contribution >= 4 is 5.91 Å². The van der Waals surface area contributed by atoms with Gasteiger partial charge < -0.3 is 15.4 Å². The number of hydrogen-bond donors (Lipinski definition) is 2. The molecular formula is C13H25N3O2. The molecule has 0 aromatic heterocycles. The van der Waals surface area contributed by atoms with Crippen LogP contribution in [0.25, 0.3) is 0 Å². The van der Waals surface area contributed by atoms with Gasteiger partial charge >= 0.3 is 0 Å². The summed E-state index contributed by atoms with van der Waals surface area (Å²) >= 11 is 0. The fourth-order valence-electron chi connectivity index (χ4n) is 2.67. The summed E-state index contributed by atoms with van der Waals surface area (Å²) < 4.78 is 5.37. The molecule has 0 bridgehead atoms. The summed E-state index contributed by atoms with van der Waals surface area (Å²) in [7, 11) is 0. The fourth-order valence-corrected chi connectivity index (χ4v) is 2.67. The second kappa shape index (κ2) is 7.07. The van der Waals surface area contributed by atoms with Gasteiger partial charge in [-0.3, -0.25) is 9.69 Å². The Morgan fingerprint density at radius 1 is 1.44 bits per heavy atom. The maximum atomic E-state index is 12.1. The predicted molar refractivity (Wildman–Crippen MR) is 70.4 cm³/mol. The zero-order valence-electron chi connectivity index (χ0n) is 11.3. The van der Waals surface area contributed by atoms with E-state index in [4.69, 9.17) is 4.74 Å². The third-order valence-corrected chi connectivity index (χ3v) is 3.91. The van der Waals surface area contributed by atoms with Crippen molar-refractivity contribution in [3.8, 4) is 0 Å². The summed E-state index contributed by atoms with van der Waals surface area (Å²) in [6.45, 7) is 9.56. The van der Waals surface area contributed by atoms with Gasteiger partial charge in [0.2, 0.25) is 5.91 Å². The minimum Gasteiger partial charge on any atom is -0.381 e. The lowest BCUT2D eigenvalue weighted by atomic mass is 9.89. The van der Waals surface area contributed by atoms with Crippen LogP contribution in [0.5, 0.6) is 0 Å². The lowest BCUT2D eigenvalue weighted by Crippen LogP contribution is -2.47. The van der Waals surface area contributed by atoms with E-state index in [-0.39, 0.29) is 11.8 Å². The summed E-state index contributed by atoms with van der Waals surface area (Å²) in [5.74, 6) is 0.695. The smallest absolute Gasteiger partial charge is 0.223 e. The summed E-state index contributed by atoms with van der Waals surface area (Å²) in [6.07, 6.45) is 0.862. The number of nitrogens with zero attached hydrogens (tertiary/aromatic N) is 1. The van der Waals surface area contributed by atoms with Gasteiger partial charge in [0, 0.05) is 58.4 Å². The molecule has 2 rings (SSSR count). The summed E-state index contributed by atoms with van der Waals surface area (Å²) in [5.41, 5.74) is 0. The molecule has 2 saturated heterocycles. The van der Waals surface area contributed by atoms with Crippen LogP contribution in [0.2, 0.25) is 0 Å². The second-order valence-corrected chi connectivity index (χ2v) is 5.33. The van der Waals surface area contributed by atoms with Crippen molar-refractivity contribution in [2.75, 3.05) is 52.5 Å². The van der Waals surface area contributed by atoms with E-state index in [1.54, 1.807) is 0 Å². The molecule has 2 atom stereocenters. The quantitative estimate of drug-likeness (QED) is 0.723. The SMILES string of the molecule is CC1COCCC1C(=O)NCCN1CCNCC1. The number of amides is 1. The molecule has 0 saturated carbocycles. The van der Waals surface area contributed by atoms with Crippen molar-refractivity contribution < 1.29 is 9.53 Å². The van der Waals surface area contributed by atoms with Gasteiger partial charge in [-0.1, -0.05) is 6.92 Å². The van der Waals surface area contributed by atoms with E-state index < -0.39 is 0 Å². The van der Waals surface area contributed by atoms with Crippen molar-refractivity contribution in [3.05, 3.63) is 0 Å². The highest BCUT2D eigenvalue weighted by molar-refractivity contribution is 5.79. The van der Waals surface area contributed by atoms with E-state index in [0.717, 1.165) is 58.9 Å². The highest BCUT2D eigenvalue weighted by atomic mass is 16.5. The van der Waals surface area contributed by atoms with E-state index >= 15 is 0 Å². The Labute approximate surface area is 109 Å². The number of nitrogens with one attached hydrogen (secondary N) is 2. The molecule has 2 N–H and O–H groups in total. The average Bonchev–Trinajstić information content (AvgIpc) is 2.40. The van der Waals surface area contributed by atoms with Crippen LogP contribution < -0.4 is 10.6 Å². The summed E-state index contributed by atoms with van der Waals surface area (Å²) in [4.78, 5) is 14.4. The van der Waals surface area contributed by atoms with Gasteiger partial charge in [0.15, 0.2) is 0 Å². The molecule has 0 radical (unpaired) electrons. The predicted octanol–water partition coefficient (Wildman–Crippen LogP) is -0.320. The van der Waals surface area contributed by atoms with Gasteiger partial charge in [-0.2, -0.15) is 0 Å². The third kappa shape index (κ3) is 3.93. The monoisotopic (exact) mass is 255 g/mol. The molecule has 1 amide bonds. The molecule has 0 aromatic rings. The molecule has 2 heterocycles. The minimum atomic E-state index is 0.141. The Hall–Kier alpha value is -0.650. The molecule has 2 unspecified atom stereocenters. The van der Waals surface area contributed by atoms with Crippen LogP contribution >= 0.6 is 0 Å². The maximum Gasteiger partial charge on any atom is 0.223 e. The van der Waals surface area contributed by atoms with Crippen molar-refractivity contribution in [1.82, 2.24) is 15.5 Å². The van der Waals surface area contributed by atoms with Gasteiger partial charge in [0.25, 0.3) is 0 Å². The number of piperazine rings is 1. The van der Waals surface area contributed by atoms with Gasteiger partial charge in [-0.05, 0) is 12.3 Å². The molecule has 0 aromatic carbocycles. The first-order chi connectivity index (χ1) is 8.77. The van der Waals surface area contributed by atoms with E-state index in [2.05, 4.69) is 22.5 Å². The lowest BCUT2D eigenvalue weighted by molar-refractivity contribution is -0.130. The maximum absolute atomic E-state index is 12.1. The van der Waals surface area contributed by atoms with E-state index in [1.807, 2.05) is 0 Å². The van der Waals surface area contributed by atoms with Gasteiger partial charge in [-0.15, -0.1) is 0 Å². The van der Waals surface area contributed by atoms with Crippen molar-refractivity contribution in [2.45, 2.75) is 13.3 Å². The first kappa shape index (κ1) is 13.8. The van der Waals surface area contributed by atoms with E-state index in [9.17, 15) is 4.79 Å². The van der Waals surface area contributed by atoms with Crippen molar-refractivity contribution in [3.63, 3.8) is 0 Å². The number of ether oxygens (including phenoxy) is 1. The Morgan fingerprint density at radius 3 is 2.94 bits per heavy atom. The molecular weight excluding hydrogens is 230 g/mol. The molecule has 5 heteroatoms. The zero-order valence-corrected chi connectivity index (χ0v) is 11.3. The first-order valence-electron chi connectivity index (χ1n) is 7.06. The molecule has 5 nitrogen and oxygen atoms in total. The molecule has 2 aliphatic heterocycles. The number of carbonyl (C=O) groups is 1. The number of hydrogen-bond acceptors (Lipinski definition) is 4. The van der Waals surface area contributed by atoms with Crippen LogP contribution in [0.15, 0.2) is 0 Å². The molecule has 2 aliphatic rings. The van der Waals surface area contributed by atoms with Crippen LogP contribution in [0, 0.1) is 11.8 Å². The Kier molecular flexibility index (Phi) is 5.41. The first-order valence-corrected chi connectivity index (χ1v) is 7.06. The van der Waals surface area contributed by atoms with Crippen LogP contribution in [-0.2, 0) is 9.53 Å². The molecule has 104 valence electrons. The van der Waals surface area contributed by atoms with Crippen LogP contribution in [-0.4, -0.2) is 63.3 Å². The summed E-state index contributed by atoms with van der Waals surface area (Å²) in [5, 5.41) is 6.40. The standard InChI is InChI=1S/C13H25N3O2/c1-11-10-18-9-2-12(11)13(17)15-5-8-16-6-3-14-4-7-16/h11-12,14H,2-10H2,1H3,(H,15,17). The fraction of sp³-hybridized carbons (Fsp3) is 0.923. The highest BCUT2D eigenvalue weighted by Gasteiger charge is 2.28. The topological polar surface area (TPSA) is 53.6 Å². The Morgan fingerprint density at radius 2 is 2.22 bits per heavy atom. The molecule has 0 aliphatic carbocycles. The van der Waals surface area contributed by atoms with Crippen LogP contribution in [0.1, 0.15) is 13.3 Å². The third-order valence-electron chi connectivity index (χ3n) is 3.91. The molecule has 18 heavy (non-hydrogen) atoms. The van der Waals surface area contributed by atoms with Gasteiger partial charge in [0.1, 0.15) is 0 Å². The average molecular weight is 255 g/mol. The Balaban J connectivity index is 1.64. The molecule has 0 spiro atoms. The van der Waals surface area contributed by atoms with Gasteiger partial charge in [-0.25, -0.2) is 0 Å². The largest absolute Gasteiger partial charge is 0.381 e.